The number of aliphatic imine (C=N–C) groups is 2. The van der Waals surface area contributed by atoms with Crippen LogP contribution in [-0.4, -0.2) is 179 Å². The van der Waals surface area contributed by atoms with Gasteiger partial charge in [-0.25, -0.2) is 0 Å². The van der Waals surface area contributed by atoms with E-state index in [1.54, 1.807) is 0 Å². The quantitative estimate of drug-likeness (QED) is 0.0117. The van der Waals surface area contributed by atoms with Gasteiger partial charge >= 0.3 is 0 Å². The number of nitrogens with one attached hydrogen (secondary N) is 8. The maximum Gasteiger partial charge on any atom is 0.243 e. The fourth-order valence-corrected chi connectivity index (χ4v) is 8.87. The lowest BCUT2D eigenvalue weighted by Crippen LogP contribution is -2.60. The van der Waals surface area contributed by atoms with Gasteiger partial charge in [0.1, 0.15) is 48.6 Å². The second-order valence-electron chi connectivity index (χ2n) is 21.2. The van der Waals surface area contributed by atoms with Gasteiger partial charge in [0, 0.05) is 13.1 Å². The first kappa shape index (κ1) is 78.6. The van der Waals surface area contributed by atoms with Gasteiger partial charge in [0.2, 0.25) is 47.3 Å². The van der Waals surface area contributed by atoms with Crippen LogP contribution < -0.4 is 111 Å². The highest BCUT2D eigenvalue weighted by Crippen LogP contribution is 2.13. The Hall–Kier alpha value is -6.35. The van der Waals surface area contributed by atoms with Gasteiger partial charge in [0.05, 0.1) is 12.1 Å². The highest BCUT2D eigenvalue weighted by atomic mass is 16.2. The third-order valence-electron chi connectivity index (χ3n) is 13.8. The molecule has 0 unspecified atom stereocenters. The van der Waals surface area contributed by atoms with Crippen LogP contribution >= 0.6 is 0 Å². The van der Waals surface area contributed by atoms with E-state index in [0.717, 1.165) is 0 Å². The first-order valence-electron chi connectivity index (χ1n) is 30.4. The summed E-state index contributed by atoms with van der Waals surface area (Å²) in [7, 11) is 0. The lowest BCUT2D eigenvalue weighted by Gasteiger charge is -2.28. The number of aldehydes is 1. The molecule has 0 aliphatic carbocycles. The number of nitrogens with zero attached hydrogens (tertiary/aromatic N) is 2. The second-order valence-corrected chi connectivity index (χ2v) is 21.2. The molecule has 0 bridgehead atoms. The monoisotopic (exact) mass is 1210 g/mol. The summed E-state index contributed by atoms with van der Waals surface area (Å²) < 4.78 is 0. The number of amides is 8. The molecule has 8 amide bonds. The van der Waals surface area contributed by atoms with E-state index in [9.17, 15) is 43.2 Å². The van der Waals surface area contributed by atoms with Crippen LogP contribution in [0.4, 0.5) is 0 Å². The number of nitrogens with two attached hydrogens (primary N) is 12. The molecule has 0 heterocycles. The summed E-state index contributed by atoms with van der Waals surface area (Å²) in [6.07, 6.45) is 9.05. The molecular formula is C54H110N22O9. The smallest absolute Gasteiger partial charge is 0.243 e. The number of rotatable bonds is 53. The van der Waals surface area contributed by atoms with Gasteiger partial charge in [-0.15, -0.1) is 0 Å². The van der Waals surface area contributed by atoms with Crippen molar-refractivity contribution in [3.05, 3.63) is 0 Å². The fourth-order valence-electron chi connectivity index (χ4n) is 8.87. The van der Waals surface area contributed by atoms with Crippen LogP contribution in [0, 0.1) is 0 Å². The molecule has 0 aliphatic rings. The summed E-state index contributed by atoms with van der Waals surface area (Å²) in [5.74, 6) is -6.07. The molecule has 0 saturated heterocycles. The van der Waals surface area contributed by atoms with E-state index < -0.39 is 102 Å². The molecule has 85 heavy (non-hydrogen) atoms. The van der Waals surface area contributed by atoms with Crippen LogP contribution in [0.2, 0.25) is 0 Å². The third kappa shape index (κ3) is 37.6. The van der Waals surface area contributed by atoms with Crippen LogP contribution in [-0.2, 0) is 43.2 Å². The van der Waals surface area contributed by atoms with E-state index in [2.05, 4.69) is 52.5 Å². The van der Waals surface area contributed by atoms with Crippen molar-refractivity contribution in [2.24, 2.45) is 78.8 Å². The van der Waals surface area contributed by atoms with Gasteiger partial charge in [-0.1, -0.05) is 6.42 Å². The summed E-state index contributed by atoms with van der Waals surface area (Å²) in [6, 6.07) is -10.4. The lowest BCUT2D eigenvalue weighted by atomic mass is 10.0. The third-order valence-corrected chi connectivity index (χ3v) is 13.8. The Morgan fingerprint density at radius 1 is 0.294 bits per heavy atom. The van der Waals surface area contributed by atoms with Crippen LogP contribution in [0.1, 0.15) is 161 Å². The van der Waals surface area contributed by atoms with Crippen LogP contribution in [0.25, 0.3) is 0 Å². The number of carbonyl (C=O) groups is 9. The predicted molar refractivity (Wildman–Crippen MR) is 330 cm³/mol. The molecule has 9 atom stereocenters. The predicted octanol–water partition coefficient (Wildman–Crippen LogP) is -5.60. The second kappa shape index (κ2) is 49.9. The summed E-state index contributed by atoms with van der Waals surface area (Å²) in [4.78, 5) is 133. The van der Waals surface area contributed by atoms with Crippen molar-refractivity contribution in [1.29, 1.82) is 0 Å². The van der Waals surface area contributed by atoms with Gasteiger partial charge < -0.3 is 116 Å². The minimum absolute atomic E-state index is 0.0116. The summed E-state index contributed by atoms with van der Waals surface area (Å²) >= 11 is 0. The number of hydrogen-bond acceptors (Lipinski definition) is 19. The first-order valence-corrected chi connectivity index (χ1v) is 30.4. The normalized spacial score (nSPS) is 14.3. The SMILES string of the molecule is NCCCC[C@@H](C=O)NC(=O)[C@H](CCCCN)NC(=O)[C@H](CCCCN)NC(=O)[C@H](CCCN=C(N)N)NC(=O)[C@H](CCCCN)NC(=O)[C@H](CCCCN)NC(=O)[C@H](CCCN=C(N)N)NC(=O)[C@H](CCCCN)NC(=O)[C@@H](N)CCCCN. The molecule has 0 aromatic heterocycles. The Bertz CT molecular complexity index is 1980. The molecule has 31 nitrogen and oxygen atoms in total. The van der Waals surface area contributed by atoms with Crippen molar-refractivity contribution >= 4 is 65.5 Å². The summed E-state index contributed by atoms with van der Waals surface area (Å²) in [5, 5.41) is 22.0. The van der Waals surface area contributed by atoms with Crippen molar-refractivity contribution < 1.29 is 43.2 Å². The largest absolute Gasteiger partial charge is 0.370 e. The Labute approximate surface area is 502 Å². The first-order chi connectivity index (χ1) is 40.8. The Morgan fingerprint density at radius 3 is 0.741 bits per heavy atom. The van der Waals surface area contributed by atoms with Gasteiger partial charge in [0.25, 0.3) is 0 Å². The molecule has 0 saturated carbocycles. The average Bonchev–Trinajstić information content (AvgIpc) is 3.58. The van der Waals surface area contributed by atoms with E-state index in [1.165, 1.54) is 0 Å². The fraction of sp³-hybridized carbons (Fsp3) is 0.796. The number of carbonyl (C=O) groups excluding carboxylic acids is 9. The highest BCUT2D eigenvalue weighted by molar-refractivity contribution is 5.98. The van der Waals surface area contributed by atoms with Gasteiger partial charge in [-0.2, -0.15) is 0 Å². The van der Waals surface area contributed by atoms with Crippen molar-refractivity contribution in [3.63, 3.8) is 0 Å². The Morgan fingerprint density at radius 2 is 0.506 bits per heavy atom. The Kier molecular flexibility index (Phi) is 46.1. The minimum Gasteiger partial charge on any atom is -0.370 e. The van der Waals surface area contributed by atoms with E-state index in [4.69, 9.17) is 68.8 Å². The number of hydrogen-bond donors (Lipinski definition) is 20. The standard InChI is InChI=1S/C54H110N22O9/c55-26-8-1-17-36(35-77)69-46(79)38(19-3-10-28-57)71-48(81)40(21-5-12-30-59)73-52(85)44(25-16-34-68-54(65)66)76-50(83)42(23-7-14-32-61)72-49(82)41(22-6-13-31-60)74-51(84)43(24-15-33-67-53(63)64)75-47(80)39(20-4-11-29-58)70-45(78)37(62)18-2-9-27-56/h35-44H,1-34,55-62H2,(H,69,79)(H,70,78)(H,71,81)(H,72,82)(H,73,85)(H,74,84)(H,75,80)(H,76,83)(H4,63,64,67)(H4,65,66,68)/t36-,37-,38-,39-,40-,41-,42-,43-,44-/m0/s1. The maximum atomic E-state index is 14.6. The molecule has 31 heteroatoms. The van der Waals surface area contributed by atoms with Gasteiger partial charge in [-0.05, 0) is 200 Å². The number of guanidine groups is 2. The molecule has 0 fully saturated rings. The van der Waals surface area contributed by atoms with E-state index in [1.807, 2.05) is 0 Å². The summed E-state index contributed by atoms with van der Waals surface area (Å²) in [6.45, 7) is 2.42. The van der Waals surface area contributed by atoms with Crippen molar-refractivity contribution in [2.45, 2.75) is 215 Å². The zero-order chi connectivity index (χ0) is 63.8. The van der Waals surface area contributed by atoms with Crippen LogP contribution in [0.3, 0.4) is 0 Å². The topological polar surface area (TPSA) is 587 Å². The molecule has 0 radical (unpaired) electrons. The molecule has 490 valence electrons. The highest BCUT2D eigenvalue weighted by Gasteiger charge is 2.35. The zero-order valence-corrected chi connectivity index (χ0v) is 50.3. The maximum absolute atomic E-state index is 14.6. The molecular weight excluding hydrogens is 1100 g/mol. The van der Waals surface area contributed by atoms with E-state index in [-0.39, 0.29) is 102 Å². The van der Waals surface area contributed by atoms with Crippen molar-refractivity contribution in [3.8, 4) is 0 Å². The van der Waals surface area contributed by atoms with E-state index >= 15 is 0 Å². The van der Waals surface area contributed by atoms with Crippen molar-refractivity contribution in [2.75, 3.05) is 58.9 Å². The zero-order valence-electron chi connectivity index (χ0n) is 50.3. The molecule has 0 aromatic carbocycles. The van der Waals surface area contributed by atoms with Crippen LogP contribution in [0.5, 0.6) is 0 Å². The van der Waals surface area contributed by atoms with Gasteiger partial charge in [0.15, 0.2) is 11.9 Å². The summed E-state index contributed by atoms with van der Waals surface area (Å²) in [5.41, 5.74) is 68.7. The molecule has 0 rings (SSSR count). The molecule has 0 spiro atoms. The number of unbranched alkanes of at least 4 members (excludes halogenated alkanes) is 7. The lowest BCUT2D eigenvalue weighted by molar-refractivity contribution is -0.136. The average molecular weight is 1210 g/mol. The van der Waals surface area contributed by atoms with E-state index in [0.29, 0.717) is 135 Å². The minimum atomic E-state index is -1.34. The van der Waals surface area contributed by atoms with Gasteiger partial charge in [-0.3, -0.25) is 48.3 Å². The Balaban J connectivity index is 7.15. The van der Waals surface area contributed by atoms with Crippen LogP contribution in [0.15, 0.2) is 9.98 Å². The molecule has 32 N–H and O–H groups in total. The molecule has 0 aromatic rings. The molecule has 0 aliphatic heterocycles. The van der Waals surface area contributed by atoms with Crippen molar-refractivity contribution in [1.82, 2.24) is 42.5 Å².